The molecule has 1 aromatic carbocycles. The van der Waals surface area contributed by atoms with E-state index in [9.17, 15) is 18.0 Å². The normalized spacial score (nSPS) is 11.5. The molecule has 0 aliphatic rings. The van der Waals surface area contributed by atoms with Gasteiger partial charge in [-0.2, -0.15) is 4.31 Å². The highest BCUT2D eigenvalue weighted by Gasteiger charge is 2.24. The van der Waals surface area contributed by atoms with Crippen molar-refractivity contribution in [1.82, 2.24) is 9.21 Å². The van der Waals surface area contributed by atoms with Gasteiger partial charge in [0, 0.05) is 26.2 Å². The Morgan fingerprint density at radius 3 is 2.05 bits per heavy atom. The molecule has 1 amide bonds. The summed E-state index contributed by atoms with van der Waals surface area (Å²) in [5.41, 5.74) is 0.443. The molecule has 0 radical (unpaired) electrons. The van der Waals surface area contributed by atoms with Gasteiger partial charge in [0.25, 0.3) is 0 Å². The maximum atomic E-state index is 12.3. The van der Waals surface area contributed by atoms with E-state index in [2.05, 4.69) is 0 Å². The van der Waals surface area contributed by atoms with Gasteiger partial charge in [0.05, 0.1) is 11.4 Å². The van der Waals surface area contributed by atoms with Crippen LogP contribution in [-0.2, 0) is 14.8 Å². The van der Waals surface area contributed by atoms with Crippen LogP contribution in [0.2, 0.25) is 0 Å². The van der Waals surface area contributed by atoms with Crippen molar-refractivity contribution in [3.8, 4) is 0 Å². The van der Waals surface area contributed by atoms with E-state index >= 15 is 0 Å². The summed E-state index contributed by atoms with van der Waals surface area (Å²) in [5, 5.41) is 0. The van der Waals surface area contributed by atoms with Crippen molar-refractivity contribution in [2.24, 2.45) is 0 Å². The molecular formula is C14H20N2O4S. The van der Waals surface area contributed by atoms with E-state index in [1.54, 1.807) is 7.05 Å². The molecule has 0 heterocycles. The highest BCUT2D eigenvalue weighted by Crippen LogP contribution is 2.15. The molecule has 21 heavy (non-hydrogen) atoms. The van der Waals surface area contributed by atoms with Crippen LogP contribution in [0, 0.1) is 0 Å². The molecular weight excluding hydrogens is 292 g/mol. The number of sulfonamides is 1. The number of likely N-dealkylation sites (N-methyl/N-ethyl adjacent to an activating group) is 2. The van der Waals surface area contributed by atoms with Crippen LogP contribution < -0.4 is 0 Å². The van der Waals surface area contributed by atoms with Crippen LogP contribution in [0.5, 0.6) is 0 Å². The number of carbonyl (C=O) groups excluding carboxylic acids is 2. The number of benzene rings is 1. The van der Waals surface area contributed by atoms with Crippen LogP contribution in [-0.4, -0.2) is 56.5 Å². The summed E-state index contributed by atoms with van der Waals surface area (Å²) in [4.78, 5) is 24.5. The van der Waals surface area contributed by atoms with Crippen LogP contribution >= 0.6 is 0 Å². The van der Waals surface area contributed by atoms with Crippen molar-refractivity contribution in [2.75, 3.05) is 27.2 Å². The molecule has 0 aromatic heterocycles. The fraction of sp³-hybridized carbons (Fsp3) is 0.429. The van der Waals surface area contributed by atoms with Gasteiger partial charge in [-0.1, -0.05) is 12.1 Å². The summed E-state index contributed by atoms with van der Waals surface area (Å²) < 4.78 is 25.7. The van der Waals surface area contributed by atoms with Crippen LogP contribution in [0.15, 0.2) is 29.2 Å². The van der Waals surface area contributed by atoms with Crippen LogP contribution in [0.4, 0.5) is 0 Å². The van der Waals surface area contributed by atoms with Gasteiger partial charge in [0.15, 0.2) is 5.78 Å². The average molecular weight is 312 g/mol. The average Bonchev–Trinajstić information content (AvgIpc) is 2.46. The van der Waals surface area contributed by atoms with Crippen LogP contribution in [0.3, 0.4) is 0 Å². The fourth-order valence-corrected chi connectivity index (χ4v) is 2.73. The van der Waals surface area contributed by atoms with Gasteiger partial charge in [0.1, 0.15) is 0 Å². The van der Waals surface area contributed by atoms with Crippen LogP contribution in [0.1, 0.15) is 24.2 Å². The van der Waals surface area contributed by atoms with E-state index in [0.29, 0.717) is 12.1 Å². The standard InChI is InChI=1S/C14H20N2O4S/c1-5-15(3)14(18)10-16(4)21(19,20)13-8-6-12(7-9-13)11(2)17/h6-9H,5,10H2,1-4H3. The number of Topliss-reactive ketones (excluding diaryl/α,β-unsaturated/α-hetero) is 1. The molecule has 0 fully saturated rings. The molecule has 0 aliphatic heterocycles. The van der Waals surface area contributed by atoms with E-state index in [1.807, 2.05) is 6.92 Å². The number of rotatable bonds is 6. The third kappa shape index (κ3) is 4.12. The zero-order valence-corrected chi connectivity index (χ0v) is 13.5. The predicted molar refractivity (Wildman–Crippen MR) is 79.6 cm³/mol. The van der Waals surface area contributed by atoms with E-state index < -0.39 is 10.0 Å². The van der Waals surface area contributed by atoms with Crippen molar-refractivity contribution in [3.05, 3.63) is 29.8 Å². The first-order valence-electron chi connectivity index (χ1n) is 6.51. The molecule has 0 bridgehead atoms. The second-order valence-electron chi connectivity index (χ2n) is 4.75. The summed E-state index contributed by atoms with van der Waals surface area (Å²) in [5.74, 6) is -0.406. The summed E-state index contributed by atoms with van der Waals surface area (Å²) in [6.07, 6.45) is 0. The predicted octanol–water partition coefficient (Wildman–Crippen LogP) is 0.988. The Hall–Kier alpha value is -1.73. The number of hydrogen-bond donors (Lipinski definition) is 0. The van der Waals surface area contributed by atoms with Gasteiger partial charge in [-0.05, 0) is 26.0 Å². The lowest BCUT2D eigenvalue weighted by atomic mass is 10.2. The molecule has 0 saturated heterocycles. The third-order valence-corrected chi connectivity index (χ3v) is 5.04. The molecule has 0 N–H and O–H groups in total. The zero-order chi connectivity index (χ0) is 16.2. The summed E-state index contributed by atoms with van der Waals surface area (Å²) in [7, 11) is -0.771. The Morgan fingerprint density at radius 1 is 1.10 bits per heavy atom. The maximum Gasteiger partial charge on any atom is 0.243 e. The molecule has 0 aliphatic carbocycles. The molecule has 0 saturated carbocycles. The van der Waals surface area contributed by atoms with Gasteiger partial charge < -0.3 is 4.90 Å². The minimum absolute atomic E-state index is 0.0574. The first-order valence-corrected chi connectivity index (χ1v) is 7.95. The highest BCUT2D eigenvalue weighted by molar-refractivity contribution is 7.89. The zero-order valence-electron chi connectivity index (χ0n) is 12.7. The Kier molecular flexibility index (Phi) is 5.62. The van der Waals surface area contributed by atoms with Gasteiger partial charge in [-0.3, -0.25) is 9.59 Å². The Morgan fingerprint density at radius 2 is 1.62 bits per heavy atom. The lowest BCUT2D eigenvalue weighted by molar-refractivity contribution is -0.129. The fourth-order valence-electron chi connectivity index (χ4n) is 1.61. The quantitative estimate of drug-likeness (QED) is 0.734. The van der Waals surface area contributed by atoms with Gasteiger partial charge in [-0.15, -0.1) is 0 Å². The minimum atomic E-state index is -3.74. The van der Waals surface area contributed by atoms with Crippen LogP contribution in [0.25, 0.3) is 0 Å². The topological polar surface area (TPSA) is 74.8 Å². The first-order chi connectivity index (χ1) is 9.70. The molecule has 1 rings (SSSR count). The number of nitrogens with zero attached hydrogens (tertiary/aromatic N) is 2. The Labute approximate surface area is 125 Å². The van der Waals surface area contributed by atoms with Gasteiger partial charge in [0.2, 0.25) is 15.9 Å². The molecule has 0 atom stereocenters. The summed E-state index contributed by atoms with van der Waals surface area (Å²) in [6, 6.07) is 5.67. The van der Waals surface area contributed by atoms with E-state index in [0.717, 1.165) is 4.31 Å². The number of carbonyl (C=O) groups is 2. The van der Waals surface area contributed by atoms with E-state index in [1.165, 1.54) is 43.1 Å². The van der Waals surface area contributed by atoms with Crippen molar-refractivity contribution >= 4 is 21.7 Å². The largest absolute Gasteiger partial charge is 0.345 e. The second kappa shape index (κ2) is 6.82. The highest BCUT2D eigenvalue weighted by atomic mass is 32.2. The molecule has 116 valence electrons. The number of ketones is 1. The van der Waals surface area contributed by atoms with Crippen molar-refractivity contribution in [2.45, 2.75) is 18.7 Å². The summed E-state index contributed by atoms with van der Waals surface area (Å²) in [6.45, 7) is 3.52. The van der Waals surface area contributed by atoms with Crippen molar-refractivity contribution < 1.29 is 18.0 Å². The minimum Gasteiger partial charge on any atom is -0.345 e. The lowest BCUT2D eigenvalue weighted by Crippen LogP contribution is -2.39. The monoisotopic (exact) mass is 312 g/mol. The number of amides is 1. The molecule has 7 heteroatoms. The number of hydrogen-bond acceptors (Lipinski definition) is 4. The Balaban J connectivity index is 2.94. The SMILES string of the molecule is CCN(C)C(=O)CN(C)S(=O)(=O)c1ccc(C(C)=O)cc1. The molecule has 0 unspecified atom stereocenters. The molecule has 0 spiro atoms. The smallest absolute Gasteiger partial charge is 0.243 e. The second-order valence-corrected chi connectivity index (χ2v) is 6.79. The Bertz CT molecular complexity index is 623. The molecule has 1 aromatic rings. The summed E-state index contributed by atoms with van der Waals surface area (Å²) >= 11 is 0. The van der Waals surface area contributed by atoms with Crippen molar-refractivity contribution in [3.63, 3.8) is 0 Å². The first kappa shape index (κ1) is 17.3. The lowest BCUT2D eigenvalue weighted by Gasteiger charge is -2.20. The van der Waals surface area contributed by atoms with Gasteiger partial charge >= 0.3 is 0 Å². The molecule has 6 nitrogen and oxygen atoms in total. The van der Waals surface area contributed by atoms with Gasteiger partial charge in [-0.25, -0.2) is 8.42 Å². The maximum absolute atomic E-state index is 12.3. The van der Waals surface area contributed by atoms with E-state index in [4.69, 9.17) is 0 Å². The third-order valence-electron chi connectivity index (χ3n) is 3.23. The van der Waals surface area contributed by atoms with E-state index in [-0.39, 0.29) is 23.1 Å². The van der Waals surface area contributed by atoms with Crippen molar-refractivity contribution in [1.29, 1.82) is 0 Å².